The van der Waals surface area contributed by atoms with Crippen LogP contribution < -0.4 is 14.2 Å². The van der Waals surface area contributed by atoms with Gasteiger partial charge in [-0.2, -0.15) is 0 Å². The Hall–Kier alpha value is -3.52. The minimum absolute atomic E-state index is 0.0372. The number of ketones is 1. The Kier molecular flexibility index (Phi) is 7.60. The van der Waals surface area contributed by atoms with Gasteiger partial charge in [-0.1, -0.05) is 6.07 Å². The molecular formula is C25H30N2O6. The average Bonchev–Trinajstić information content (AvgIpc) is 3.07. The zero-order valence-corrected chi connectivity index (χ0v) is 19.6. The molecule has 1 fully saturated rings. The summed E-state index contributed by atoms with van der Waals surface area (Å²) in [6.07, 6.45) is 0. The van der Waals surface area contributed by atoms with Crippen LogP contribution in [0.25, 0.3) is 5.76 Å². The predicted octanol–water partition coefficient (Wildman–Crippen LogP) is 3.09. The van der Waals surface area contributed by atoms with Crippen molar-refractivity contribution in [1.82, 2.24) is 9.80 Å². The van der Waals surface area contributed by atoms with Crippen LogP contribution >= 0.6 is 0 Å². The topological polar surface area (TPSA) is 88.5 Å². The predicted molar refractivity (Wildman–Crippen MR) is 125 cm³/mol. The Labute approximate surface area is 194 Å². The van der Waals surface area contributed by atoms with Crippen molar-refractivity contribution in [2.45, 2.75) is 13.0 Å². The first-order valence-corrected chi connectivity index (χ1v) is 10.7. The molecule has 1 N–H and O–H groups in total. The molecule has 33 heavy (non-hydrogen) atoms. The van der Waals surface area contributed by atoms with Crippen molar-refractivity contribution in [3.8, 4) is 17.2 Å². The molecule has 8 nitrogen and oxygen atoms in total. The van der Waals surface area contributed by atoms with E-state index in [4.69, 9.17) is 14.2 Å². The number of likely N-dealkylation sites (tertiary alicyclic amines) is 1. The minimum atomic E-state index is -0.767. The van der Waals surface area contributed by atoms with Crippen molar-refractivity contribution in [2.75, 3.05) is 48.0 Å². The van der Waals surface area contributed by atoms with Crippen LogP contribution in [0.15, 0.2) is 48.0 Å². The first-order valence-electron chi connectivity index (χ1n) is 10.7. The van der Waals surface area contributed by atoms with Gasteiger partial charge >= 0.3 is 0 Å². The Morgan fingerprint density at radius 3 is 2.30 bits per heavy atom. The lowest BCUT2D eigenvalue weighted by atomic mass is 9.95. The summed E-state index contributed by atoms with van der Waals surface area (Å²) in [5.41, 5.74) is 1.10. The number of methoxy groups -OCH3 is 2. The molecule has 176 valence electrons. The fraction of sp³-hybridized carbons (Fsp3) is 0.360. The van der Waals surface area contributed by atoms with E-state index in [0.29, 0.717) is 48.1 Å². The summed E-state index contributed by atoms with van der Waals surface area (Å²) >= 11 is 0. The van der Waals surface area contributed by atoms with Crippen molar-refractivity contribution in [2.24, 2.45) is 0 Å². The molecule has 0 aromatic heterocycles. The number of aliphatic hydroxyl groups excluding tert-OH is 1. The molecule has 2 aromatic carbocycles. The van der Waals surface area contributed by atoms with Crippen molar-refractivity contribution in [3.63, 3.8) is 0 Å². The fourth-order valence-electron chi connectivity index (χ4n) is 3.80. The quantitative estimate of drug-likeness (QED) is 0.354. The van der Waals surface area contributed by atoms with Crippen LogP contribution in [-0.2, 0) is 9.59 Å². The summed E-state index contributed by atoms with van der Waals surface area (Å²) < 4.78 is 16.3. The van der Waals surface area contributed by atoms with Crippen molar-refractivity contribution >= 4 is 17.4 Å². The molecule has 0 saturated carbocycles. The molecule has 0 bridgehead atoms. The van der Waals surface area contributed by atoms with Crippen LogP contribution in [-0.4, -0.2) is 74.6 Å². The number of benzene rings is 2. The van der Waals surface area contributed by atoms with Crippen LogP contribution in [0.4, 0.5) is 0 Å². The van der Waals surface area contributed by atoms with E-state index in [1.165, 1.54) is 12.0 Å². The maximum atomic E-state index is 13.1. The van der Waals surface area contributed by atoms with Crippen LogP contribution in [0.5, 0.6) is 17.2 Å². The number of likely N-dealkylation sites (N-methyl/N-ethyl adjacent to an activating group) is 1. The zero-order valence-electron chi connectivity index (χ0n) is 19.6. The second kappa shape index (κ2) is 10.4. The average molecular weight is 455 g/mol. The molecule has 1 aliphatic rings. The first kappa shape index (κ1) is 24.1. The Balaban J connectivity index is 2.15. The van der Waals surface area contributed by atoms with E-state index in [0.717, 1.165) is 0 Å². The lowest BCUT2D eigenvalue weighted by Crippen LogP contribution is -2.35. The number of aliphatic hydroxyl groups is 1. The molecule has 0 radical (unpaired) electrons. The van der Waals surface area contributed by atoms with E-state index < -0.39 is 17.7 Å². The fourth-order valence-corrected chi connectivity index (χ4v) is 3.80. The maximum absolute atomic E-state index is 13.1. The van der Waals surface area contributed by atoms with Crippen LogP contribution in [0, 0.1) is 0 Å². The van der Waals surface area contributed by atoms with Gasteiger partial charge in [0.05, 0.1) is 32.4 Å². The van der Waals surface area contributed by atoms with Gasteiger partial charge in [-0.05, 0) is 63.0 Å². The van der Waals surface area contributed by atoms with E-state index in [9.17, 15) is 14.7 Å². The molecule has 8 heteroatoms. The summed E-state index contributed by atoms with van der Waals surface area (Å²) in [7, 11) is 6.86. The number of amides is 1. The molecule has 0 spiro atoms. The molecule has 3 rings (SSSR count). The molecule has 1 atom stereocenters. The normalized spacial score (nSPS) is 17.5. The Bertz CT molecular complexity index is 1050. The third-order valence-corrected chi connectivity index (χ3v) is 5.49. The van der Waals surface area contributed by atoms with Gasteiger partial charge in [-0.3, -0.25) is 9.59 Å². The van der Waals surface area contributed by atoms with E-state index in [2.05, 4.69) is 0 Å². The molecule has 1 amide bonds. The van der Waals surface area contributed by atoms with E-state index in [1.807, 2.05) is 25.9 Å². The van der Waals surface area contributed by atoms with Gasteiger partial charge in [-0.25, -0.2) is 0 Å². The summed E-state index contributed by atoms with van der Waals surface area (Å²) in [6, 6.07) is 11.2. The molecule has 1 heterocycles. The number of nitrogens with zero attached hydrogens (tertiary/aromatic N) is 2. The minimum Gasteiger partial charge on any atom is -0.507 e. The van der Waals surface area contributed by atoms with Crippen molar-refractivity contribution in [1.29, 1.82) is 0 Å². The van der Waals surface area contributed by atoms with Crippen LogP contribution in [0.3, 0.4) is 0 Å². The van der Waals surface area contributed by atoms with Gasteiger partial charge < -0.3 is 29.1 Å². The lowest BCUT2D eigenvalue weighted by Gasteiger charge is -2.27. The van der Waals surface area contributed by atoms with Gasteiger partial charge in [0.25, 0.3) is 11.7 Å². The summed E-state index contributed by atoms with van der Waals surface area (Å²) in [4.78, 5) is 29.5. The smallest absolute Gasteiger partial charge is 0.295 e. The Morgan fingerprint density at radius 1 is 1.03 bits per heavy atom. The highest BCUT2D eigenvalue weighted by molar-refractivity contribution is 6.46. The van der Waals surface area contributed by atoms with E-state index in [1.54, 1.807) is 49.6 Å². The van der Waals surface area contributed by atoms with Gasteiger partial charge in [0.2, 0.25) is 0 Å². The molecule has 0 unspecified atom stereocenters. The monoisotopic (exact) mass is 454 g/mol. The van der Waals surface area contributed by atoms with Gasteiger partial charge in [0.15, 0.2) is 11.5 Å². The third-order valence-electron chi connectivity index (χ3n) is 5.49. The van der Waals surface area contributed by atoms with Crippen LogP contribution in [0.2, 0.25) is 0 Å². The zero-order chi connectivity index (χ0) is 24.1. The highest BCUT2D eigenvalue weighted by Gasteiger charge is 2.46. The summed E-state index contributed by atoms with van der Waals surface area (Å²) in [5.74, 6) is 0.0535. The van der Waals surface area contributed by atoms with E-state index in [-0.39, 0.29) is 11.3 Å². The van der Waals surface area contributed by atoms with Gasteiger partial charge in [0.1, 0.15) is 11.5 Å². The largest absolute Gasteiger partial charge is 0.507 e. The number of hydrogen-bond acceptors (Lipinski definition) is 7. The molecule has 0 aliphatic carbocycles. The molecule has 1 aliphatic heterocycles. The SMILES string of the molecule is CCOc1ccc([C@H]2C(=C(O)c3ccc(OC)cc3)C(=O)C(=O)N2CCN(C)C)cc1OC. The standard InChI is InChI=1S/C25H30N2O6/c1-6-33-19-12-9-17(15-20(19)32-5)22-21(23(28)16-7-10-18(31-4)11-8-16)24(29)25(30)27(22)14-13-26(2)3/h7-12,15,22,28H,6,13-14H2,1-5H3/t22-/m0/s1. The lowest BCUT2D eigenvalue weighted by molar-refractivity contribution is -0.140. The molecule has 2 aromatic rings. The summed E-state index contributed by atoms with van der Waals surface area (Å²) in [6.45, 7) is 3.21. The second-order valence-electron chi connectivity index (χ2n) is 7.87. The van der Waals surface area contributed by atoms with Gasteiger partial charge in [0, 0.05) is 18.7 Å². The third kappa shape index (κ3) is 4.96. The summed E-state index contributed by atoms with van der Waals surface area (Å²) in [5, 5.41) is 11.1. The van der Waals surface area contributed by atoms with Crippen molar-refractivity contribution in [3.05, 3.63) is 59.2 Å². The highest BCUT2D eigenvalue weighted by atomic mass is 16.5. The molecule has 1 saturated heterocycles. The first-order chi connectivity index (χ1) is 15.8. The highest BCUT2D eigenvalue weighted by Crippen LogP contribution is 2.42. The number of hydrogen-bond donors (Lipinski definition) is 1. The number of Topliss-reactive ketones (excluding diaryl/α,β-unsaturated/α-hetero) is 1. The van der Waals surface area contributed by atoms with E-state index >= 15 is 0 Å². The second-order valence-corrected chi connectivity index (χ2v) is 7.87. The van der Waals surface area contributed by atoms with Crippen molar-refractivity contribution < 1.29 is 28.9 Å². The number of rotatable bonds is 9. The van der Waals surface area contributed by atoms with Gasteiger partial charge in [-0.15, -0.1) is 0 Å². The molecular weight excluding hydrogens is 424 g/mol. The van der Waals surface area contributed by atoms with Crippen LogP contribution in [0.1, 0.15) is 24.1 Å². The maximum Gasteiger partial charge on any atom is 0.295 e. The number of carbonyl (C=O) groups excluding carboxylic acids is 2. The number of ether oxygens (including phenoxy) is 3. The Morgan fingerprint density at radius 2 is 1.73 bits per heavy atom. The number of carbonyl (C=O) groups is 2.